The third-order valence-corrected chi connectivity index (χ3v) is 5.94. The van der Waals surface area contributed by atoms with E-state index in [1.54, 1.807) is 23.1 Å². The Bertz CT molecular complexity index is 922. The standard InChI is InChI=1S/C23H32N6O3/c1-15-11-17-13-29(23(31)28-21(17)27-15)18-3-4-19(22(30)26-8-2-7-24)20(12-18)32-14-16-5-9-25-10-6-16/h3-4,11-13,16,21,25,27H,2,5-10,14,24H2,1H3,(H,26,30)(H,28,31). The van der Waals surface area contributed by atoms with Gasteiger partial charge in [0.1, 0.15) is 11.9 Å². The third kappa shape index (κ3) is 5.05. The van der Waals surface area contributed by atoms with Gasteiger partial charge in [-0.15, -0.1) is 0 Å². The first-order chi connectivity index (χ1) is 15.5. The summed E-state index contributed by atoms with van der Waals surface area (Å²) in [6.45, 7) is 5.47. The molecular formula is C23H32N6O3. The van der Waals surface area contributed by atoms with Crippen LogP contribution in [0.2, 0.25) is 0 Å². The molecule has 6 N–H and O–H groups in total. The van der Waals surface area contributed by atoms with Crippen LogP contribution in [0.4, 0.5) is 10.5 Å². The predicted molar refractivity (Wildman–Crippen MR) is 123 cm³/mol. The first-order valence-corrected chi connectivity index (χ1v) is 11.3. The van der Waals surface area contributed by atoms with Crippen molar-refractivity contribution in [2.75, 3.05) is 37.7 Å². The zero-order valence-electron chi connectivity index (χ0n) is 18.4. The number of hydrogen-bond acceptors (Lipinski definition) is 6. The Morgan fingerprint density at radius 3 is 2.88 bits per heavy atom. The zero-order valence-corrected chi connectivity index (χ0v) is 18.4. The van der Waals surface area contributed by atoms with Crippen LogP contribution in [0, 0.1) is 5.92 Å². The number of nitrogens with one attached hydrogen (secondary N) is 4. The van der Waals surface area contributed by atoms with E-state index in [4.69, 9.17) is 10.5 Å². The Morgan fingerprint density at radius 1 is 1.28 bits per heavy atom. The first-order valence-electron chi connectivity index (χ1n) is 11.3. The Kier molecular flexibility index (Phi) is 6.96. The number of anilines is 1. The summed E-state index contributed by atoms with van der Waals surface area (Å²) in [6.07, 6.45) is 6.40. The van der Waals surface area contributed by atoms with Crippen LogP contribution in [0.3, 0.4) is 0 Å². The van der Waals surface area contributed by atoms with Gasteiger partial charge in [-0.3, -0.25) is 9.69 Å². The number of hydrogen-bond donors (Lipinski definition) is 5. The lowest BCUT2D eigenvalue weighted by molar-refractivity contribution is 0.0947. The van der Waals surface area contributed by atoms with Crippen molar-refractivity contribution in [3.05, 3.63) is 47.3 Å². The van der Waals surface area contributed by atoms with E-state index in [0.717, 1.165) is 37.2 Å². The maximum Gasteiger partial charge on any atom is 0.327 e. The van der Waals surface area contributed by atoms with Gasteiger partial charge in [-0.25, -0.2) is 4.79 Å². The van der Waals surface area contributed by atoms with Crippen molar-refractivity contribution in [2.24, 2.45) is 11.7 Å². The fourth-order valence-corrected chi connectivity index (χ4v) is 4.13. The summed E-state index contributed by atoms with van der Waals surface area (Å²) in [5, 5.41) is 12.4. The number of urea groups is 1. The van der Waals surface area contributed by atoms with Crippen LogP contribution in [0.25, 0.3) is 0 Å². The zero-order chi connectivity index (χ0) is 22.5. The summed E-state index contributed by atoms with van der Waals surface area (Å²) in [4.78, 5) is 27.0. The Balaban J connectivity index is 1.57. The molecule has 4 rings (SSSR count). The number of amides is 3. The van der Waals surface area contributed by atoms with E-state index in [1.165, 1.54) is 0 Å². The highest BCUT2D eigenvalue weighted by molar-refractivity contribution is 6.00. The molecule has 0 radical (unpaired) electrons. The molecule has 0 aromatic heterocycles. The van der Waals surface area contributed by atoms with Gasteiger partial charge in [-0.05, 0) is 69.9 Å². The number of piperidine rings is 1. The molecule has 3 aliphatic heterocycles. The molecule has 3 amide bonds. The van der Waals surface area contributed by atoms with Crippen molar-refractivity contribution >= 4 is 17.6 Å². The normalized spacial score (nSPS) is 20.6. The second kappa shape index (κ2) is 10.1. The van der Waals surface area contributed by atoms with E-state index in [2.05, 4.69) is 21.3 Å². The SMILES string of the molecule is CC1=CC2=CN(c3ccc(C(=O)NCCCN)c(OCC4CCNCC4)c3)C(=O)NC2N1. The number of rotatable bonds is 8. The maximum atomic E-state index is 12.8. The number of carbonyl (C=O) groups excluding carboxylic acids is 2. The number of allylic oxidation sites excluding steroid dienone is 1. The molecule has 9 heteroatoms. The monoisotopic (exact) mass is 440 g/mol. The van der Waals surface area contributed by atoms with Crippen molar-refractivity contribution in [1.82, 2.24) is 21.3 Å². The largest absolute Gasteiger partial charge is 0.492 e. The molecule has 0 saturated carbocycles. The molecule has 32 heavy (non-hydrogen) atoms. The average molecular weight is 441 g/mol. The van der Waals surface area contributed by atoms with E-state index in [-0.39, 0.29) is 18.1 Å². The molecule has 1 atom stereocenters. The predicted octanol–water partition coefficient (Wildman–Crippen LogP) is 1.39. The van der Waals surface area contributed by atoms with Gasteiger partial charge in [0, 0.05) is 30.1 Å². The number of nitrogens with two attached hydrogens (primary N) is 1. The molecule has 1 saturated heterocycles. The molecule has 1 aromatic carbocycles. The van der Waals surface area contributed by atoms with Gasteiger partial charge in [-0.1, -0.05) is 0 Å². The van der Waals surface area contributed by atoms with Crippen molar-refractivity contribution in [3.8, 4) is 5.75 Å². The highest BCUT2D eigenvalue weighted by Crippen LogP contribution is 2.30. The lowest BCUT2D eigenvalue weighted by atomic mass is 9.99. The van der Waals surface area contributed by atoms with Crippen molar-refractivity contribution in [2.45, 2.75) is 32.4 Å². The molecule has 9 nitrogen and oxygen atoms in total. The quantitative estimate of drug-likeness (QED) is 0.390. The Hall–Kier alpha value is -3.04. The van der Waals surface area contributed by atoms with Gasteiger partial charge in [0.05, 0.1) is 17.9 Å². The van der Waals surface area contributed by atoms with Gasteiger partial charge < -0.3 is 31.7 Å². The second-order valence-corrected chi connectivity index (χ2v) is 8.44. The fraction of sp³-hybridized carbons (Fsp3) is 0.478. The van der Waals surface area contributed by atoms with E-state index in [9.17, 15) is 9.59 Å². The third-order valence-electron chi connectivity index (χ3n) is 5.94. The van der Waals surface area contributed by atoms with Crippen LogP contribution in [-0.4, -0.2) is 50.9 Å². The Labute approximate surface area is 188 Å². The molecular weight excluding hydrogens is 408 g/mol. The lowest BCUT2D eigenvalue weighted by Crippen LogP contribution is -2.51. The van der Waals surface area contributed by atoms with E-state index >= 15 is 0 Å². The minimum atomic E-state index is -0.237. The molecule has 0 bridgehead atoms. The Morgan fingerprint density at radius 2 is 2.09 bits per heavy atom. The van der Waals surface area contributed by atoms with Crippen LogP contribution >= 0.6 is 0 Å². The fourth-order valence-electron chi connectivity index (χ4n) is 4.13. The van der Waals surface area contributed by atoms with Crippen LogP contribution in [-0.2, 0) is 0 Å². The summed E-state index contributed by atoms with van der Waals surface area (Å²) in [5.41, 5.74) is 8.61. The number of benzene rings is 1. The molecule has 172 valence electrons. The van der Waals surface area contributed by atoms with Crippen molar-refractivity contribution < 1.29 is 14.3 Å². The summed E-state index contributed by atoms with van der Waals surface area (Å²) in [7, 11) is 0. The minimum absolute atomic E-state index is 0.203. The van der Waals surface area contributed by atoms with Gasteiger partial charge in [0.15, 0.2) is 0 Å². The molecule has 3 heterocycles. The molecule has 1 aromatic rings. The number of carbonyl (C=O) groups is 2. The van der Waals surface area contributed by atoms with Gasteiger partial charge in [0.25, 0.3) is 5.91 Å². The lowest BCUT2D eigenvalue weighted by Gasteiger charge is -2.29. The highest BCUT2D eigenvalue weighted by Gasteiger charge is 2.30. The first kappa shape index (κ1) is 22.2. The second-order valence-electron chi connectivity index (χ2n) is 8.44. The molecule has 0 aliphatic carbocycles. The van der Waals surface area contributed by atoms with Gasteiger partial charge in [0.2, 0.25) is 0 Å². The number of fused-ring (bicyclic) bond motifs is 1. The van der Waals surface area contributed by atoms with Crippen molar-refractivity contribution in [1.29, 1.82) is 0 Å². The summed E-state index contributed by atoms with van der Waals surface area (Å²) >= 11 is 0. The van der Waals surface area contributed by atoms with E-state index in [0.29, 0.717) is 49.0 Å². The minimum Gasteiger partial charge on any atom is -0.492 e. The molecule has 0 spiro atoms. The topological polar surface area (TPSA) is 121 Å². The van der Waals surface area contributed by atoms with Crippen LogP contribution in [0.5, 0.6) is 5.75 Å². The maximum absolute atomic E-state index is 12.8. The number of ether oxygens (including phenoxy) is 1. The van der Waals surface area contributed by atoms with Gasteiger partial charge in [-0.2, -0.15) is 0 Å². The molecule has 3 aliphatic rings. The average Bonchev–Trinajstić information content (AvgIpc) is 3.16. The van der Waals surface area contributed by atoms with Gasteiger partial charge >= 0.3 is 6.03 Å². The van der Waals surface area contributed by atoms with E-state index in [1.807, 2.05) is 19.2 Å². The van der Waals surface area contributed by atoms with Crippen LogP contribution in [0.15, 0.2) is 41.7 Å². The van der Waals surface area contributed by atoms with Crippen molar-refractivity contribution in [3.63, 3.8) is 0 Å². The smallest absolute Gasteiger partial charge is 0.327 e. The highest BCUT2D eigenvalue weighted by atomic mass is 16.5. The summed E-state index contributed by atoms with van der Waals surface area (Å²) in [6, 6.07) is 5.02. The van der Waals surface area contributed by atoms with Crippen LogP contribution in [0.1, 0.15) is 36.5 Å². The summed E-state index contributed by atoms with van der Waals surface area (Å²) < 4.78 is 6.16. The summed E-state index contributed by atoms with van der Waals surface area (Å²) in [5.74, 6) is 0.716. The molecule has 1 unspecified atom stereocenters. The van der Waals surface area contributed by atoms with E-state index < -0.39 is 0 Å². The number of nitrogens with zero attached hydrogens (tertiary/aromatic N) is 1. The molecule has 1 fully saturated rings. The van der Waals surface area contributed by atoms with Crippen LogP contribution < -0.4 is 36.6 Å².